The predicted octanol–water partition coefficient (Wildman–Crippen LogP) is 4.97. The number of aryl methyl sites for hydroxylation is 1. The molecule has 0 radical (unpaired) electrons. The summed E-state index contributed by atoms with van der Waals surface area (Å²) in [5.74, 6) is -0.791. The van der Waals surface area contributed by atoms with Crippen molar-refractivity contribution < 1.29 is 19.1 Å². The van der Waals surface area contributed by atoms with Crippen molar-refractivity contribution in [1.29, 1.82) is 0 Å². The molecule has 1 aliphatic rings. The van der Waals surface area contributed by atoms with Gasteiger partial charge in [-0.1, -0.05) is 11.6 Å². The van der Waals surface area contributed by atoms with E-state index in [0.717, 1.165) is 24.1 Å². The minimum atomic E-state index is -0.435. The average molecular weight is 449 g/mol. The molecule has 0 saturated carbocycles. The lowest BCUT2D eigenvalue weighted by Gasteiger charge is -2.30. The SMILES string of the molecule is COC(=O)c1ccc(NC(=O)c2ccc3c(c2)CCCN3C(=O)c2ccc(Cl)cc2)cc1. The predicted molar refractivity (Wildman–Crippen MR) is 124 cm³/mol. The van der Waals surface area contributed by atoms with Crippen LogP contribution in [0.25, 0.3) is 0 Å². The lowest BCUT2D eigenvalue weighted by Crippen LogP contribution is -2.35. The van der Waals surface area contributed by atoms with Gasteiger partial charge < -0.3 is 15.0 Å². The zero-order chi connectivity index (χ0) is 22.7. The third kappa shape index (κ3) is 4.50. The van der Waals surface area contributed by atoms with E-state index in [2.05, 4.69) is 10.1 Å². The number of nitrogens with one attached hydrogen (secondary N) is 1. The standard InChI is InChI=1S/C25H21ClN2O4/c1-32-25(31)17-6-11-21(12-7-17)27-23(29)19-8-13-22-18(15-19)3-2-14-28(22)24(30)16-4-9-20(26)10-5-16/h4-13,15H,2-3,14H2,1H3,(H,27,29). The first-order valence-corrected chi connectivity index (χ1v) is 10.5. The van der Waals surface area contributed by atoms with Gasteiger partial charge in [0.25, 0.3) is 11.8 Å². The fourth-order valence-corrected chi connectivity index (χ4v) is 3.83. The highest BCUT2D eigenvalue weighted by molar-refractivity contribution is 6.30. The second-order valence-electron chi connectivity index (χ2n) is 7.43. The second kappa shape index (κ2) is 9.24. The summed E-state index contributed by atoms with van der Waals surface area (Å²) in [5.41, 5.74) is 3.81. The van der Waals surface area contributed by atoms with E-state index in [4.69, 9.17) is 11.6 Å². The first kappa shape index (κ1) is 21.6. The van der Waals surface area contributed by atoms with Crippen molar-refractivity contribution in [1.82, 2.24) is 0 Å². The fourth-order valence-electron chi connectivity index (χ4n) is 3.71. The summed E-state index contributed by atoms with van der Waals surface area (Å²) in [6.45, 7) is 0.618. The maximum Gasteiger partial charge on any atom is 0.337 e. The van der Waals surface area contributed by atoms with Crippen LogP contribution in [0.4, 0.5) is 11.4 Å². The van der Waals surface area contributed by atoms with Crippen LogP contribution in [0.1, 0.15) is 43.1 Å². The minimum Gasteiger partial charge on any atom is -0.465 e. The summed E-state index contributed by atoms with van der Waals surface area (Å²) < 4.78 is 4.68. The number of fused-ring (bicyclic) bond motifs is 1. The average Bonchev–Trinajstić information content (AvgIpc) is 2.83. The molecule has 0 saturated heterocycles. The van der Waals surface area contributed by atoms with Crippen LogP contribution in [0.15, 0.2) is 66.7 Å². The van der Waals surface area contributed by atoms with E-state index in [0.29, 0.717) is 33.9 Å². The van der Waals surface area contributed by atoms with Crippen molar-refractivity contribution in [3.8, 4) is 0 Å². The Hall–Kier alpha value is -3.64. The summed E-state index contributed by atoms with van der Waals surface area (Å²) in [6, 6.07) is 18.7. The van der Waals surface area contributed by atoms with Crippen molar-refractivity contribution in [2.75, 3.05) is 23.9 Å². The Morgan fingerprint density at radius 2 is 1.56 bits per heavy atom. The Morgan fingerprint density at radius 3 is 2.25 bits per heavy atom. The van der Waals surface area contributed by atoms with Gasteiger partial charge in [-0.2, -0.15) is 0 Å². The zero-order valence-electron chi connectivity index (χ0n) is 17.4. The summed E-state index contributed by atoms with van der Waals surface area (Å²) in [7, 11) is 1.32. The molecule has 0 unspecified atom stereocenters. The highest BCUT2D eigenvalue weighted by atomic mass is 35.5. The Bertz CT molecular complexity index is 1170. The van der Waals surface area contributed by atoms with Gasteiger partial charge in [-0.05, 0) is 85.1 Å². The van der Waals surface area contributed by atoms with Gasteiger partial charge in [0, 0.05) is 34.1 Å². The van der Waals surface area contributed by atoms with Gasteiger partial charge in [0.15, 0.2) is 0 Å². The van der Waals surface area contributed by atoms with Gasteiger partial charge in [-0.15, -0.1) is 0 Å². The van der Waals surface area contributed by atoms with Gasteiger partial charge >= 0.3 is 5.97 Å². The number of halogens is 1. The third-order valence-corrected chi connectivity index (χ3v) is 5.61. The van der Waals surface area contributed by atoms with E-state index < -0.39 is 5.97 Å². The molecule has 0 atom stereocenters. The summed E-state index contributed by atoms with van der Waals surface area (Å²) in [4.78, 5) is 39.0. The first-order valence-electron chi connectivity index (χ1n) is 10.2. The number of hydrogen-bond acceptors (Lipinski definition) is 4. The van der Waals surface area contributed by atoms with Crippen LogP contribution in [-0.2, 0) is 11.2 Å². The molecular formula is C25H21ClN2O4. The van der Waals surface area contributed by atoms with Gasteiger partial charge in [0.1, 0.15) is 0 Å². The van der Waals surface area contributed by atoms with Crippen LogP contribution in [0.5, 0.6) is 0 Å². The summed E-state index contributed by atoms with van der Waals surface area (Å²) in [6.07, 6.45) is 1.60. The molecule has 0 spiro atoms. The number of esters is 1. The molecule has 3 aromatic carbocycles. The topological polar surface area (TPSA) is 75.7 Å². The Kier molecular flexibility index (Phi) is 6.23. The Labute approximate surface area is 190 Å². The fraction of sp³-hybridized carbons (Fsp3) is 0.160. The second-order valence-corrected chi connectivity index (χ2v) is 7.87. The molecule has 162 valence electrons. The van der Waals surface area contributed by atoms with Crippen molar-refractivity contribution >= 4 is 40.8 Å². The third-order valence-electron chi connectivity index (χ3n) is 5.36. The van der Waals surface area contributed by atoms with E-state index in [1.165, 1.54) is 7.11 Å². The van der Waals surface area contributed by atoms with Gasteiger partial charge in [0.05, 0.1) is 12.7 Å². The molecule has 2 amide bonds. The molecule has 4 rings (SSSR count). The molecule has 1 heterocycles. The molecule has 0 aromatic heterocycles. The molecule has 0 bridgehead atoms. The van der Waals surface area contributed by atoms with E-state index in [9.17, 15) is 14.4 Å². The van der Waals surface area contributed by atoms with Crippen LogP contribution in [0.2, 0.25) is 5.02 Å². The number of anilines is 2. The normalized spacial score (nSPS) is 12.6. The van der Waals surface area contributed by atoms with Crippen LogP contribution >= 0.6 is 11.6 Å². The van der Waals surface area contributed by atoms with Gasteiger partial charge in [-0.25, -0.2) is 4.79 Å². The highest BCUT2D eigenvalue weighted by Gasteiger charge is 2.24. The molecular weight excluding hydrogens is 428 g/mol. The Morgan fingerprint density at radius 1 is 0.906 bits per heavy atom. The molecule has 1 N–H and O–H groups in total. The van der Waals surface area contributed by atoms with Crippen molar-refractivity contribution in [2.24, 2.45) is 0 Å². The number of benzene rings is 3. The van der Waals surface area contributed by atoms with E-state index in [1.807, 2.05) is 12.1 Å². The molecule has 1 aliphatic heterocycles. The van der Waals surface area contributed by atoms with Gasteiger partial charge in [0.2, 0.25) is 0 Å². The maximum absolute atomic E-state index is 13.0. The number of carbonyl (C=O) groups excluding carboxylic acids is 3. The number of ether oxygens (including phenoxy) is 1. The van der Waals surface area contributed by atoms with Crippen LogP contribution in [0.3, 0.4) is 0 Å². The maximum atomic E-state index is 13.0. The monoisotopic (exact) mass is 448 g/mol. The number of amides is 2. The summed E-state index contributed by atoms with van der Waals surface area (Å²) >= 11 is 5.93. The van der Waals surface area contributed by atoms with Crippen LogP contribution < -0.4 is 10.2 Å². The van der Waals surface area contributed by atoms with Crippen molar-refractivity contribution in [2.45, 2.75) is 12.8 Å². The van der Waals surface area contributed by atoms with Crippen molar-refractivity contribution in [3.05, 3.63) is 94.0 Å². The number of nitrogens with zero attached hydrogens (tertiary/aromatic N) is 1. The van der Waals surface area contributed by atoms with E-state index >= 15 is 0 Å². The van der Waals surface area contributed by atoms with Crippen LogP contribution in [-0.4, -0.2) is 31.4 Å². The molecule has 0 aliphatic carbocycles. The molecule has 0 fully saturated rings. The van der Waals surface area contributed by atoms with Crippen LogP contribution in [0, 0.1) is 0 Å². The zero-order valence-corrected chi connectivity index (χ0v) is 18.2. The smallest absolute Gasteiger partial charge is 0.337 e. The molecule has 7 heteroatoms. The number of rotatable bonds is 4. The lowest BCUT2D eigenvalue weighted by atomic mass is 9.98. The highest BCUT2D eigenvalue weighted by Crippen LogP contribution is 2.30. The van der Waals surface area contributed by atoms with Crippen molar-refractivity contribution in [3.63, 3.8) is 0 Å². The quantitative estimate of drug-likeness (QED) is 0.571. The number of carbonyl (C=O) groups is 3. The molecule has 3 aromatic rings. The van der Waals surface area contributed by atoms with E-state index in [-0.39, 0.29) is 11.8 Å². The number of hydrogen-bond donors (Lipinski definition) is 1. The van der Waals surface area contributed by atoms with Gasteiger partial charge in [-0.3, -0.25) is 9.59 Å². The molecule has 6 nitrogen and oxygen atoms in total. The largest absolute Gasteiger partial charge is 0.465 e. The van der Waals surface area contributed by atoms with E-state index in [1.54, 1.807) is 59.5 Å². The Balaban J connectivity index is 1.51. The lowest BCUT2D eigenvalue weighted by molar-refractivity contribution is 0.0600. The summed E-state index contributed by atoms with van der Waals surface area (Å²) in [5, 5.41) is 3.41. The first-order chi connectivity index (χ1) is 15.5. The molecule has 32 heavy (non-hydrogen) atoms. The number of methoxy groups -OCH3 is 1. The minimum absolute atomic E-state index is 0.0921.